The molecule has 2 heterocycles. The number of anilines is 1. The standard InChI is InChI=1S/C35H35F3N6O2S/c1-22(2)28-17-8-23(3)20-31(28)43-18-5-19-47-34(43)41-33(45)40-30-7-4-6-29(30)24-9-11-25(12-10-24)32-39-21-44(42-32)26-13-15-27(16-14-26)46-35(36,37)38/h8-17,20-22H,4-7,18-19H2,1-3H3,(H,40,45)/b41-34-. The van der Waals surface area contributed by atoms with E-state index in [1.165, 1.54) is 46.4 Å². The fraction of sp³-hybridized carbons (Fsp3) is 0.314. The monoisotopic (exact) mass is 660 g/mol. The van der Waals surface area contributed by atoms with E-state index in [4.69, 9.17) is 0 Å². The largest absolute Gasteiger partial charge is 0.573 e. The van der Waals surface area contributed by atoms with Crippen LogP contribution < -0.4 is 15.0 Å². The van der Waals surface area contributed by atoms with Crippen molar-refractivity contribution in [2.75, 3.05) is 17.2 Å². The lowest BCUT2D eigenvalue weighted by molar-refractivity contribution is -0.274. The maximum Gasteiger partial charge on any atom is 0.573 e. The van der Waals surface area contributed by atoms with E-state index in [0.29, 0.717) is 17.4 Å². The first-order valence-electron chi connectivity index (χ1n) is 15.6. The number of hydrogen-bond acceptors (Lipinski definition) is 5. The third kappa shape index (κ3) is 7.70. The summed E-state index contributed by atoms with van der Waals surface area (Å²) in [6, 6.07) is 19.4. The van der Waals surface area contributed by atoms with Gasteiger partial charge < -0.3 is 15.0 Å². The molecular formula is C35H35F3N6O2S. The minimum Gasteiger partial charge on any atom is -0.406 e. The summed E-state index contributed by atoms with van der Waals surface area (Å²) >= 11 is 1.62. The number of hydrogen-bond donors (Lipinski definition) is 1. The highest BCUT2D eigenvalue weighted by molar-refractivity contribution is 8.14. The van der Waals surface area contributed by atoms with Crippen molar-refractivity contribution in [3.05, 3.63) is 95.4 Å². The molecule has 0 bridgehead atoms. The highest BCUT2D eigenvalue weighted by Gasteiger charge is 2.31. The number of aromatic nitrogens is 3. The van der Waals surface area contributed by atoms with Crippen LogP contribution >= 0.6 is 11.8 Å². The second-order valence-electron chi connectivity index (χ2n) is 11.8. The summed E-state index contributed by atoms with van der Waals surface area (Å²) in [7, 11) is 0. The number of urea groups is 1. The van der Waals surface area contributed by atoms with Gasteiger partial charge in [0, 0.05) is 29.2 Å². The van der Waals surface area contributed by atoms with Crippen molar-refractivity contribution < 1.29 is 22.7 Å². The van der Waals surface area contributed by atoms with E-state index < -0.39 is 6.36 Å². The van der Waals surface area contributed by atoms with Crippen LogP contribution in [0.4, 0.5) is 23.7 Å². The van der Waals surface area contributed by atoms with Crippen LogP contribution in [0, 0.1) is 6.92 Å². The van der Waals surface area contributed by atoms with Gasteiger partial charge in [0.05, 0.1) is 5.69 Å². The van der Waals surface area contributed by atoms with Gasteiger partial charge >= 0.3 is 12.4 Å². The number of amides is 2. The molecule has 47 heavy (non-hydrogen) atoms. The van der Waals surface area contributed by atoms with Crippen molar-refractivity contribution in [3.63, 3.8) is 0 Å². The van der Waals surface area contributed by atoms with Gasteiger partial charge in [-0.05, 0) is 91.1 Å². The number of carbonyl (C=O) groups is 1. The second kappa shape index (κ2) is 13.6. The van der Waals surface area contributed by atoms with Crippen LogP contribution in [0.25, 0.3) is 22.6 Å². The lowest BCUT2D eigenvalue weighted by Crippen LogP contribution is -2.36. The number of nitrogens with one attached hydrogen (secondary N) is 1. The molecule has 0 unspecified atom stereocenters. The number of allylic oxidation sites excluding steroid dienone is 2. The van der Waals surface area contributed by atoms with E-state index >= 15 is 0 Å². The molecule has 12 heteroatoms. The number of alkyl halides is 3. The molecule has 1 aromatic heterocycles. The van der Waals surface area contributed by atoms with Gasteiger partial charge in [0.2, 0.25) is 0 Å². The Morgan fingerprint density at radius 3 is 2.47 bits per heavy atom. The highest BCUT2D eigenvalue weighted by Crippen LogP contribution is 2.35. The number of aliphatic imine (C=N–C) groups is 1. The van der Waals surface area contributed by atoms with Gasteiger partial charge in [0.1, 0.15) is 12.1 Å². The Kier molecular flexibility index (Phi) is 9.40. The quantitative estimate of drug-likeness (QED) is 0.213. The molecule has 3 aromatic carbocycles. The van der Waals surface area contributed by atoms with Crippen molar-refractivity contribution in [2.45, 2.75) is 58.7 Å². The SMILES string of the molecule is Cc1ccc(C(C)C)c(N2CCCS/C2=N\C(=O)NC2=C(c3ccc(-c4ncn(-c5ccc(OC(F)(F)F)cc5)n4)cc3)CCC2)c1. The number of aryl methyl sites for hydroxylation is 1. The number of nitrogens with zero attached hydrogens (tertiary/aromatic N) is 5. The summed E-state index contributed by atoms with van der Waals surface area (Å²) in [5, 5.41) is 8.31. The van der Waals surface area contributed by atoms with Gasteiger partial charge in [0.15, 0.2) is 11.0 Å². The molecule has 2 aliphatic rings. The lowest BCUT2D eigenvalue weighted by atomic mass is 9.98. The van der Waals surface area contributed by atoms with E-state index in [1.807, 2.05) is 24.3 Å². The first-order valence-corrected chi connectivity index (χ1v) is 16.5. The smallest absolute Gasteiger partial charge is 0.406 e. The van der Waals surface area contributed by atoms with Gasteiger partial charge in [-0.2, -0.15) is 4.99 Å². The normalized spacial score (nSPS) is 16.3. The molecule has 0 saturated carbocycles. The van der Waals surface area contributed by atoms with Gasteiger partial charge in [-0.1, -0.05) is 62.0 Å². The first-order chi connectivity index (χ1) is 22.5. The summed E-state index contributed by atoms with van der Waals surface area (Å²) in [5.74, 6) is 1.43. The summed E-state index contributed by atoms with van der Waals surface area (Å²) in [4.78, 5) is 24.4. The Morgan fingerprint density at radius 2 is 1.74 bits per heavy atom. The molecule has 1 fully saturated rings. The summed E-state index contributed by atoms with van der Waals surface area (Å²) in [5.41, 5.74) is 7.84. The van der Waals surface area contributed by atoms with Crippen LogP contribution in [0.5, 0.6) is 5.75 Å². The third-order valence-corrected chi connectivity index (χ3v) is 9.14. The van der Waals surface area contributed by atoms with Crippen LogP contribution in [-0.2, 0) is 0 Å². The predicted molar refractivity (Wildman–Crippen MR) is 180 cm³/mol. The van der Waals surface area contributed by atoms with Crippen molar-refractivity contribution in [2.24, 2.45) is 4.99 Å². The fourth-order valence-electron chi connectivity index (χ4n) is 5.84. The van der Waals surface area contributed by atoms with Gasteiger partial charge in [0.25, 0.3) is 0 Å². The Labute approximate surface area is 275 Å². The minimum absolute atomic E-state index is 0.307. The zero-order chi connectivity index (χ0) is 33.1. The Morgan fingerprint density at radius 1 is 1.00 bits per heavy atom. The maximum absolute atomic E-state index is 13.3. The lowest BCUT2D eigenvalue weighted by Gasteiger charge is -2.32. The Bertz CT molecular complexity index is 1810. The van der Waals surface area contributed by atoms with E-state index in [1.54, 1.807) is 11.8 Å². The molecule has 1 N–H and O–H groups in total. The molecule has 1 saturated heterocycles. The average Bonchev–Trinajstić information content (AvgIpc) is 3.71. The summed E-state index contributed by atoms with van der Waals surface area (Å²) in [6.07, 6.45) is 0.313. The second-order valence-corrected chi connectivity index (χ2v) is 12.9. The minimum atomic E-state index is -4.75. The number of rotatable bonds is 7. The van der Waals surface area contributed by atoms with Gasteiger partial charge in [-0.15, -0.1) is 18.3 Å². The van der Waals surface area contributed by atoms with Crippen molar-refractivity contribution in [3.8, 4) is 22.8 Å². The van der Waals surface area contributed by atoms with Crippen LogP contribution in [0.1, 0.15) is 62.1 Å². The number of benzene rings is 3. The van der Waals surface area contributed by atoms with Crippen molar-refractivity contribution in [1.29, 1.82) is 0 Å². The Balaban J connectivity index is 1.16. The van der Waals surface area contributed by atoms with Crippen LogP contribution in [-0.4, -0.2) is 44.6 Å². The summed E-state index contributed by atoms with van der Waals surface area (Å²) in [6.45, 7) is 7.27. The topological polar surface area (TPSA) is 84.6 Å². The third-order valence-electron chi connectivity index (χ3n) is 8.08. The van der Waals surface area contributed by atoms with E-state index in [-0.39, 0.29) is 11.8 Å². The van der Waals surface area contributed by atoms with Crippen LogP contribution in [0.2, 0.25) is 0 Å². The molecule has 1 aliphatic heterocycles. The molecule has 0 spiro atoms. The van der Waals surface area contributed by atoms with E-state index in [2.05, 4.69) is 69.0 Å². The number of ether oxygens (including phenoxy) is 1. The number of thioether (sulfide) groups is 1. The molecule has 244 valence electrons. The summed E-state index contributed by atoms with van der Waals surface area (Å²) < 4.78 is 42.9. The number of amidine groups is 1. The molecule has 1 aliphatic carbocycles. The zero-order valence-electron chi connectivity index (χ0n) is 26.3. The number of halogens is 3. The zero-order valence-corrected chi connectivity index (χ0v) is 27.2. The first kappa shape index (κ1) is 32.4. The number of carbonyl (C=O) groups excluding carboxylic acids is 1. The molecule has 6 rings (SSSR count). The predicted octanol–water partition coefficient (Wildman–Crippen LogP) is 8.87. The molecule has 8 nitrogen and oxygen atoms in total. The van der Waals surface area contributed by atoms with Crippen LogP contribution in [0.15, 0.2) is 83.7 Å². The fourth-order valence-corrected chi connectivity index (χ4v) is 6.79. The van der Waals surface area contributed by atoms with Crippen LogP contribution in [0.3, 0.4) is 0 Å². The molecule has 0 radical (unpaired) electrons. The van der Waals surface area contributed by atoms with Gasteiger partial charge in [-0.25, -0.2) is 14.5 Å². The average molecular weight is 661 g/mol. The Hall–Kier alpha value is -4.58. The highest BCUT2D eigenvalue weighted by atomic mass is 32.2. The van der Waals surface area contributed by atoms with Crippen molar-refractivity contribution >= 4 is 34.2 Å². The van der Waals surface area contributed by atoms with E-state index in [9.17, 15) is 18.0 Å². The molecule has 0 atom stereocenters. The molecular weight excluding hydrogens is 625 g/mol. The van der Waals surface area contributed by atoms with Gasteiger partial charge in [-0.3, -0.25) is 0 Å². The maximum atomic E-state index is 13.3. The van der Waals surface area contributed by atoms with Crippen molar-refractivity contribution in [1.82, 2.24) is 20.1 Å². The van der Waals surface area contributed by atoms with E-state index in [0.717, 1.165) is 71.2 Å². The molecule has 2 amide bonds. The molecule has 4 aromatic rings.